The quantitative estimate of drug-likeness (QED) is 0.460. The van der Waals surface area contributed by atoms with Gasteiger partial charge >= 0.3 is 0 Å². The highest BCUT2D eigenvalue weighted by Crippen LogP contribution is 2.24. The lowest BCUT2D eigenvalue weighted by molar-refractivity contribution is 0.101. The van der Waals surface area contributed by atoms with Gasteiger partial charge < -0.3 is 0 Å². The van der Waals surface area contributed by atoms with Crippen molar-refractivity contribution in [1.82, 2.24) is 0 Å². The van der Waals surface area contributed by atoms with Crippen LogP contribution in [0.3, 0.4) is 0 Å². The van der Waals surface area contributed by atoms with Crippen molar-refractivity contribution in [2.24, 2.45) is 0 Å². The van der Waals surface area contributed by atoms with Gasteiger partial charge in [-0.05, 0) is 47.2 Å². The number of halogens is 3. The molecule has 1 rings (SSSR count). The molecule has 0 fully saturated rings. The molecule has 0 aliphatic rings. The largest absolute Gasteiger partial charge is 0.293 e. The second kappa shape index (κ2) is 4.62. The summed E-state index contributed by atoms with van der Waals surface area (Å²) in [6, 6.07) is 3.60. The maximum absolute atomic E-state index is 11.4. The van der Waals surface area contributed by atoms with Crippen LogP contribution in [0.25, 0.3) is 0 Å². The monoisotopic (exact) mass is 328 g/mol. The number of benzene rings is 1. The smallest absolute Gasteiger partial charge is 0.178 e. The first-order chi connectivity index (χ1) is 6.07. The van der Waals surface area contributed by atoms with E-state index < -0.39 is 0 Å². The zero-order valence-corrected chi connectivity index (χ0v) is 10.6. The topological polar surface area (TPSA) is 17.1 Å². The lowest BCUT2D eigenvalue weighted by Crippen LogP contribution is -2.06. The number of alkyl halides is 1. The minimum absolute atomic E-state index is 0.00279. The van der Waals surface area contributed by atoms with E-state index in [1.165, 1.54) is 0 Å². The number of carbonyl (C=O) groups is 1. The van der Waals surface area contributed by atoms with Gasteiger partial charge in [0.15, 0.2) is 5.78 Å². The molecular weight excluding hydrogens is 322 g/mol. The fraction of sp³-hybridized carbons (Fsp3) is 0.222. The summed E-state index contributed by atoms with van der Waals surface area (Å²) in [5.74, 6) is -0.0805. The van der Waals surface area contributed by atoms with Gasteiger partial charge in [-0.1, -0.05) is 11.6 Å². The van der Waals surface area contributed by atoms with Crippen LogP contribution in [0.15, 0.2) is 12.1 Å². The van der Waals surface area contributed by atoms with Crippen molar-refractivity contribution in [2.45, 2.75) is 6.92 Å². The molecule has 0 spiro atoms. The molecule has 1 aromatic rings. The Morgan fingerprint density at radius 2 is 2.15 bits per heavy atom. The van der Waals surface area contributed by atoms with Crippen LogP contribution in [0.4, 0.5) is 0 Å². The van der Waals surface area contributed by atoms with Gasteiger partial charge in [0.25, 0.3) is 0 Å². The van der Waals surface area contributed by atoms with E-state index in [9.17, 15) is 4.79 Å². The van der Waals surface area contributed by atoms with Gasteiger partial charge in [0.1, 0.15) is 0 Å². The van der Waals surface area contributed by atoms with Crippen LogP contribution >= 0.6 is 45.8 Å². The average Bonchev–Trinajstić information content (AvgIpc) is 2.12. The van der Waals surface area contributed by atoms with Crippen LogP contribution in [0.5, 0.6) is 0 Å². The van der Waals surface area contributed by atoms with Gasteiger partial charge in [0, 0.05) is 14.2 Å². The van der Waals surface area contributed by atoms with E-state index >= 15 is 0 Å². The highest BCUT2D eigenvalue weighted by Gasteiger charge is 2.13. The molecule has 0 bridgehead atoms. The molecule has 0 aliphatic carbocycles. The zero-order chi connectivity index (χ0) is 10.0. The Kier molecular flexibility index (Phi) is 4.01. The summed E-state index contributed by atoms with van der Waals surface area (Å²) in [5.41, 5.74) is 1.45. The van der Waals surface area contributed by atoms with Gasteiger partial charge in [0.2, 0.25) is 0 Å². The number of Topliss-reactive ketones (excluding diaryl/α,β-unsaturated/α-hetero) is 1. The van der Waals surface area contributed by atoms with Gasteiger partial charge in [-0.3, -0.25) is 4.79 Å². The molecule has 70 valence electrons. The number of hydrogen-bond acceptors (Lipinski definition) is 1. The molecule has 0 aromatic heterocycles. The van der Waals surface area contributed by atoms with Crippen LogP contribution in [-0.2, 0) is 0 Å². The van der Waals surface area contributed by atoms with Gasteiger partial charge in [-0.2, -0.15) is 0 Å². The maximum atomic E-state index is 11.4. The van der Waals surface area contributed by atoms with E-state index in [4.69, 9.17) is 23.2 Å². The van der Waals surface area contributed by atoms with Crippen LogP contribution < -0.4 is 0 Å². The fourth-order valence-electron chi connectivity index (χ4n) is 1.06. The highest BCUT2D eigenvalue weighted by molar-refractivity contribution is 14.1. The molecule has 1 nitrogen and oxygen atoms in total. The molecule has 0 amide bonds. The van der Waals surface area contributed by atoms with E-state index in [0.29, 0.717) is 10.6 Å². The summed E-state index contributed by atoms with van der Waals surface area (Å²) in [5, 5.41) is 0.605. The van der Waals surface area contributed by atoms with Gasteiger partial charge in [-0.25, -0.2) is 0 Å². The van der Waals surface area contributed by atoms with Crippen molar-refractivity contribution in [2.75, 3.05) is 5.88 Å². The van der Waals surface area contributed by atoms with Crippen molar-refractivity contribution in [1.29, 1.82) is 0 Å². The number of carbonyl (C=O) groups excluding carboxylic acids is 1. The predicted octanol–water partition coefficient (Wildman–Crippen LogP) is 3.67. The maximum Gasteiger partial charge on any atom is 0.178 e. The number of ketones is 1. The fourth-order valence-corrected chi connectivity index (χ4v) is 2.24. The van der Waals surface area contributed by atoms with Crippen LogP contribution in [-0.4, -0.2) is 11.7 Å². The molecule has 0 heterocycles. The first-order valence-corrected chi connectivity index (χ1v) is 5.60. The molecule has 0 atom stereocenters. The minimum Gasteiger partial charge on any atom is -0.293 e. The van der Waals surface area contributed by atoms with Crippen molar-refractivity contribution in [3.05, 3.63) is 31.9 Å². The normalized spacial score (nSPS) is 10.2. The Morgan fingerprint density at radius 3 is 2.69 bits per heavy atom. The molecule has 4 heteroatoms. The summed E-state index contributed by atoms with van der Waals surface area (Å²) >= 11 is 13.5. The Labute approximate surface area is 101 Å². The minimum atomic E-state index is -0.0777. The van der Waals surface area contributed by atoms with Crippen molar-refractivity contribution in [3.63, 3.8) is 0 Å². The lowest BCUT2D eigenvalue weighted by atomic mass is 10.1. The zero-order valence-electron chi connectivity index (χ0n) is 6.90. The molecule has 0 radical (unpaired) electrons. The Balaban J connectivity index is 3.33. The molecular formula is C9H7Cl2IO. The Morgan fingerprint density at radius 1 is 1.54 bits per heavy atom. The van der Waals surface area contributed by atoms with E-state index in [1.807, 2.05) is 13.0 Å². The van der Waals surface area contributed by atoms with Crippen molar-refractivity contribution < 1.29 is 4.79 Å². The predicted molar refractivity (Wildman–Crippen MR) is 64.0 cm³/mol. The standard InChI is InChI=1S/C9H7Cl2IO/c1-5-6(11)2-3-7(12)9(5)8(13)4-10/h2-3H,4H2,1H3. The van der Waals surface area contributed by atoms with Crippen molar-refractivity contribution in [3.8, 4) is 0 Å². The first-order valence-electron chi connectivity index (χ1n) is 3.61. The third kappa shape index (κ3) is 2.36. The Hall–Kier alpha value is 0.200. The van der Waals surface area contributed by atoms with Crippen molar-refractivity contribution >= 4 is 51.6 Å². The van der Waals surface area contributed by atoms with E-state index in [2.05, 4.69) is 22.6 Å². The van der Waals surface area contributed by atoms with Crippen LogP contribution in [0.2, 0.25) is 5.02 Å². The first kappa shape index (κ1) is 11.3. The molecule has 0 unspecified atom stereocenters. The third-order valence-electron chi connectivity index (χ3n) is 1.75. The molecule has 13 heavy (non-hydrogen) atoms. The molecule has 0 saturated carbocycles. The SMILES string of the molecule is Cc1c(Cl)ccc(I)c1C(=O)CCl. The third-order valence-corrected chi connectivity index (χ3v) is 3.30. The average molecular weight is 329 g/mol. The summed E-state index contributed by atoms with van der Waals surface area (Å²) in [4.78, 5) is 11.4. The molecule has 1 aromatic carbocycles. The summed E-state index contributed by atoms with van der Waals surface area (Å²) < 4.78 is 0.894. The van der Waals surface area contributed by atoms with Crippen LogP contribution in [0, 0.1) is 10.5 Å². The summed E-state index contributed by atoms with van der Waals surface area (Å²) in [6.07, 6.45) is 0. The summed E-state index contributed by atoms with van der Waals surface area (Å²) in [6.45, 7) is 1.82. The van der Waals surface area contributed by atoms with Crippen LogP contribution in [0.1, 0.15) is 15.9 Å². The van der Waals surface area contributed by atoms with E-state index in [0.717, 1.165) is 9.13 Å². The van der Waals surface area contributed by atoms with Gasteiger partial charge in [-0.15, -0.1) is 11.6 Å². The highest BCUT2D eigenvalue weighted by atomic mass is 127. The molecule has 0 saturated heterocycles. The van der Waals surface area contributed by atoms with Gasteiger partial charge in [0.05, 0.1) is 5.88 Å². The Bertz CT molecular complexity index is 350. The summed E-state index contributed by atoms with van der Waals surface area (Å²) in [7, 11) is 0. The van der Waals surface area contributed by atoms with E-state index in [-0.39, 0.29) is 11.7 Å². The molecule has 0 N–H and O–H groups in total. The number of rotatable bonds is 2. The number of hydrogen-bond donors (Lipinski definition) is 0. The lowest BCUT2D eigenvalue weighted by Gasteiger charge is -2.06. The second-order valence-electron chi connectivity index (χ2n) is 2.59. The second-order valence-corrected chi connectivity index (χ2v) is 4.42. The molecule has 0 aliphatic heterocycles. The van der Waals surface area contributed by atoms with E-state index in [1.54, 1.807) is 6.07 Å².